The molecule has 0 aliphatic rings. The fourth-order valence-electron chi connectivity index (χ4n) is 0.0707. The number of aliphatic hydroxyl groups excluding tert-OH is 2. The van der Waals surface area contributed by atoms with Crippen LogP contribution < -0.4 is 0 Å². The van der Waals surface area contributed by atoms with Gasteiger partial charge in [0.05, 0.1) is 0 Å². The molecule has 0 atom stereocenters. The van der Waals surface area contributed by atoms with Crippen LogP contribution in [0, 0.1) is 0 Å². The van der Waals surface area contributed by atoms with Crippen LogP contribution in [0.5, 0.6) is 0 Å². The zero-order valence-electron chi connectivity index (χ0n) is 4.33. The predicted molar refractivity (Wildman–Crippen MR) is 20.2 cm³/mol. The molecule has 0 rings (SSSR count). The van der Waals surface area contributed by atoms with Gasteiger partial charge in [0.15, 0.2) is 0 Å². The third-order valence-corrected chi connectivity index (χ3v) is 0.316. The van der Waals surface area contributed by atoms with Gasteiger partial charge in [-0.25, -0.2) is 0 Å². The van der Waals surface area contributed by atoms with Gasteiger partial charge in [0.1, 0.15) is 0 Å². The Hall–Kier alpha value is 0.554. The van der Waals surface area contributed by atoms with Gasteiger partial charge in [-0.1, -0.05) is 0 Å². The maximum absolute atomic E-state index is 7.91. The molecule has 0 saturated heterocycles. The van der Waals surface area contributed by atoms with Crippen molar-refractivity contribution < 1.29 is 42.9 Å². The van der Waals surface area contributed by atoms with Gasteiger partial charge in [0, 0.05) is 13.2 Å². The van der Waals surface area contributed by atoms with E-state index in [1.807, 2.05) is 0 Å². The van der Waals surface area contributed by atoms with E-state index in [-0.39, 0.29) is 45.9 Å². The zero-order valence-corrected chi connectivity index (χ0v) is 5.89. The minimum atomic E-state index is 0. The summed E-state index contributed by atoms with van der Waals surface area (Å²) in [6.07, 6.45) is 0.500. The Bertz CT molecular complexity index is 18.8. The summed E-state index contributed by atoms with van der Waals surface area (Å²) >= 11 is 0. The summed E-state index contributed by atoms with van der Waals surface area (Å²) in [6, 6.07) is 0. The first-order chi connectivity index (χ1) is 2.41. The SMILES string of the molecule is OCCCO.[O-2].[O-2].[Ti+4]. The molecule has 2 N–H and O–H groups in total. The molecule has 0 unspecified atom stereocenters. The Morgan fingerprint density at radius 2 is 1.12 bits per heavy atom. The van der Waals surface area contributed by atoms with Crippen molar-refractivity contribution in [2.45, 2.75) is 6.42 Å². The number of rotatable bonds is 2. The maximum Gasteiger partial charge on any atom is 4.00 e. The van der Waals surface area contributed by atoms with Crippen molar-refractivity contribution in [3.8, 4) is 0 Å². The van der Waals surface area contributed by atoms with E-state index in [9.17, 15) is 0 Å². The first-order valence-electron chi connectivity index (χ1n) is 1.63. The van der Waals surface area contributed by atoms with Crippen LogP contribution in [0.1, 0.15) is 6.42 Å². The summed E-state index contributed by atoms with van der Waals surface area (Å²) in [5.74, 6) is 0. The molecule has 0 heterocycles. The topological polar surface area (TPSA) is 97.5 Å². The van der Waals surface area contributed by atoms with Gasteiger partial charge in [0.2, 0.25) is 0 Å². The molecule has 0 aromatic carbocycles. The molecule has 0 aromatic rings. The fraction of sp³-hybridized carbons (Fsp3) is 1.00. The minimum absolute atomic E-state index is 0. The van der Waals surface area contributed by atoms with Crippen molar-refractivity contribution >= 4 is 0 Å². The molecule has 0 amide bonds. The molecule has 0 aromatic heterocycles. The summed E-state index contributed by atoms with van der Waals surface area (Å²) in [7, 11) is 0. The molecule has 8 heavy (non-hydrogen) atoms. The Labute approximate surface area is 63.0 Å². The first kappa shape index (κ1) is 23.5. The van der Waals surface area contributed by atoms with Crippen molar-refractivity contribution in [3.63, 3.8) is 0 Å². The number of hydrogen-bond donors (Lipinski definition) is 2. The van der Waals surface area contributed by atoms with E-state index in [4.69, 9.17) is 10.2 Å². The molecule has 5 heteroatoms. The number of aliphatic hydroxyl groups is 2. The van der Waals surface area contributed by atoms with E-state index in [1.165, 1.54) is 0 Å². The van der Waals surface area contributed by atoms with E-state index >= 15 is 0 Å². The summed E-state index contributed by atoms with van der Waals surface area (Å²) in [6.45, 7) is 0.188. The normalized spacial score (nSPS) is 5.25. The second-order valence-corrected chi connectivity index (χ2v) is 0.801. The molecule has 4 nitrogen and oxygen atoms in total. The van der Waals surface area contributed by atoms with Crippen LogP contribution in [-0.4, -0.2) is 23.4 Å². The fourth-order valence-corrected chi connectivity index (χ4v) is 0.0707. The van der Waals surface area contributed by atoms with Gasteiger partial charge in [-0.2, -0.15) is 0 Å². The van der Waals surface area contributed by atoms with Crippen LogP contribution in [0.3, 0.4) is 0 Å². The van der Waals surface area contributed by atoms with Crippen LogP contribution in [-0.2, 0) is 32.7 Å². The van der Waals surface area contributed by atoms with E-state index in [0.29, 0.717) is 6.42 Å². The minimum Gasteiger partial charge on any atom is -2.00 e. The summed E-state index contributed by atoms with van der Waals surface area (Å²) in [4.78, 5) is 0. The first-order valence-corrected chi connectivity index (χ1v) is 1.63. The molecule has 0 bridgehead atoms. The quantitative estimate of drug-likeness (QED) is 0.507. The standard InChI is InChI=1S/C3H8O2.2O.Ti/c4-2-1-3-5;;;/h4-5H,1-3H2;;;/q;2*-2;+4. The van der Waals surface area contributed by atoms with Crippen LogP contribution in [0.25, 0.3) is 0 Å². The largest absolute Gasteiger partial charge is 4.00 e. The van der Waals surface area contributed by atoms with Gasteiger partial charge in [-0.15, -0.1) is 0 Å². The summed E-state index contributed by atoms with van der Waals surface area (Å²) < 4.78 is 0. The molecular weight excluding hydrogens is 148 g/mol. The van der Waals surface area contributed by atoms with Gasteiger partial charge < -0.3 is 21.2 Å². The van der Waals surface area contributed by atoms with E-state index in [2.05, 4.69) is 0 Å². The van der Waals surface area contributed by atoms with Crippen molar-refractivity contribution in [3.05, 3.63) is 0 Å². The Morgan fingerprint density at radius 1 is 0.875 bits per heavy atom. The summed E-state index contributed by atoms with van der Waals surface area (Å²) in [5, 5.41) is 15.8. The third-order valence-electron chi connectivity index (χ3n) is 0.316. The van der Waals surface area contributed by atoms with Crippen LogP contribution >= 0.6 is 0 Å². The van der Waals surface area contributed by atoms with Gasteiger partial charge in [0.25, 0.3) is 0 Å². The monoisotopic (exact) mass is 156 g/mol. The average Bonchev–Trinajstić information content (AvgIpc) is 1.41. The molecule has 0 fully saturated rings. The van der Waals surface area contributed by atoms with E-state index < -0.39 is 0 Å². The van der Waals surface area contributed by atoms with Crippen molar-refractivity contribution in [2.75, 3.05) is 13.2 Å². The smallest absolute Gasteiger partial charge is 2.00 e. The second kappa shape index (κ2) is 25.7. The van der Waals surface area contributed by atoms with Crippen LogP contribution in [0.4, 0.5) is 0 Å². The predicted octanol–water partition coefficient (Wildman–Crippen LogP) is -0.879. The molecule has 0 spiro atoms. The average molecular weight is 156 g/mol. The maximum atomic E-state index is 7.91. The third kappa shape index (κ3) is 31.0. The molecule has 0 saturated carbocycles. The van der Waals surface area contributed by atoms with Crippen molar-refractivity contribution in [1.82, 2.24) is 0 Å². The number of hydrogen-bond acceptors (Lipinski definition) is 2. The molecule has 0 aliphatic carbocycles. The Kier molecular flexibility index (Phi) is 75.6. The van der Waals surface area contributed by atoms with Gasteiger partial charge in [-0.3, -0.25) is 0 Å². The Morgan fingerprint density at radius 3 is 1.12 bits per heavy atom. The zero-order chi connectivity index (χ0) is 4.12. The van der Waals surface area contributed by atoms with Gasteiger partial charge >= 0.3 is 21.7 Å². The van der Waals surface area contributed by atoms with Crippen molar-refractivity contribution in [2.24, 2.45) is 0 Å². The molecule has 0 radical (unpaired) electrons. The second-order valence-electron chi connectivity index (χ2n) is 0.801. The molecular formula is C3H8O4Ti. The van der Waals surface area contributed by atoms with E-state index in [0.717, 1.165) is 0 Å². The summed E-state index contributed by atoms with van der Waals surface area (Å²) in [5.41, 5.74) is 0. The molecule has 0 aliphatic heterocycles. The van der Waals surface area contributed by atoms with Gasteiger partial charge in [-0.05, 0) is 6.42 Å². The molecule has 48 valence electrons. The Balaban J connectivity index is -0.0000000267. The van der Waals surface area contributed by atoms with Crippen LogP contribution in [0.15, 0.2) is 0 Å². The van der Waals surface area contributed by atoms with Crippen LogP contribution in [0.2, 0.25) is 0 Å². The van der Waals surface area contributed by atoms with E-state index in [1.54, 1.807) is 0 Å². The van der Waals surface area contributed by atoms with Crippen molar-refractivity contribution in [1.29, 1.82) is 0 Å².